The van der Waals surface area contributed by atoms with E-state index in [-0.39, 0.29) is 17.9 Å². The van der Waals surface area contributed by atoms with Crippen LogP contribution < -0.4 is 15.5 Å². The Bertz CT molecular complexity index is 914. The number of hydrogen-bond acceptors (Lipinski definition) is 6. The second-order valence-electron chi connectivity index (χ2n) is 7.76. The molecule has 0 aromatic heterocycles. The van der Waals surface area contributed by atoms with E-state index in [1.54, 1.807) is 25.5 Å². The Balaban J connectivity index is 1.49. The first-order valence-electron chi connectivity index (χ1n) is 11.3. The van der Waals surface area contributed by atoms with Gasteiger partial charge in [0.1, 0.15) is 5.75 Å². The number of nitrogens with one attached hydrogen (secondary N) is 2. The number of hydrazone groups is 1. The van der Waals surface area contributed by atoms with Crippen molar-refractivity contribution in [3.63, 3.8) is 0 Å². The number of methoxy groups -OCH3 is 1. The highest BCUT2D eigenvalue weighted by Gasteiger charge is 2.26. The largest absolute Gasteiger partial charge is 0.496 e. The SMILES string of the molecule is COc1ccccc1C=NNC(=O)C(CCCCNC(=O)c1ccccc1)N1CCOCC1. The first-order chi connectivity index (χ1) is 16.2. The standard InChI is InChI=1S/C25H32N4O4/c1-32-23-13-6-5-11-21(23)19-27-28-25(31)22(29-15-17-33-18-16-29)12-7-8-14-26-24(30)20-9-3-2-4-10-20/h2-6,9-11,13,19,22H,7-8,12,14-18H2,1H3,(H,26,30)(H,28,31). The van der Waals surface area contributed by atoms with Gasteiger partial charge in [0.25, 0.3) is 11.8 Å². The van der Waals surface area contributed by atoms with Gasteiger partial charge in [-0.05, 0) is 43.5 Å². The van der Waals surface area contributed by atoms with E-state index in [9.17, 15) is 9.59 Å². The second kappa shape index (κ2) is 13.3. The summed E-state index contributed by atoms with van der Waals surface area (Å²) in [7, 11) is 1.60. The predicted octanol–water partition coefficient (Wildman–Crippen LogP) is 2.45. The fraction of sp³-hybridized carbons (Fsp3) is 0.400. The molecule has 1 saturated heterocycles. The zero-order valence-corrected chi connectivity index (χ0v) is 19.0. The number of rotatable bonds is 11. The summed E-state index contributed by atoms with van der Waals surface area (Å²) >= 11 is 0. The summed E-state index contributed by atoms with van der Waals surface area (Å²) in [6, 6.07) is 16.3. The lowest BCUT2D eigenvalue weighted by molar-refractivity contribution is -0.128. The number of para-hydroxylation sites is 1. The van der Waals surface area contributed by atoms with E-state index in [4.69, 9.17) is 9.47 Å². The first kappa shape index (κ1) is 24.4. The molecule has 1 heterocycles. The van der Waals surface area contributed by atoms with Crippen molar-refractivity contribution in [1.82, 2.24) is 15.6 Å². The lowest BCUT2D eigenvalue weighted by atomic mass is 10.1. The molecular formula is C25H32N4O4. The Morgan fingerprint density at radius 2 is 1.82 bits per heavy atom. The third-order valence-electron chi connectivity index (χ3n) is 5.53. The van der Waals surface area contributed by atoms with E-state index >= 15 is 0 Å². The summed E-state index contributed by atoms with van der Waals surface area (Å²) in [5.41, 5.74) is 4.12. The van der Waals surface area contributed by atoms with Gasteiger partial charge in [0.15, 0.2) is 0 Å². The van der Waals surface area contributed by atoms with Crippen LogP contribution in [-0.2, 0) is 9.53 Å². The molecule has 3 rings (SSSR count). The van der Waals surface area contributed by atoms with Crippen LogP contribution in [0.25, 0.3) is 0 Å². The zero-order valence-electron chi connectivity index (χ0n) is 19.0. The van der Waals surface area contributed by atoms with Crippen molar-refractivity contribution in [2.45, 2.75) is 25.3 Å². The van der Waals surface area contributed by atoms with Crippen LogP contribution in [0.2, 0.25) is 0 Å². The molecule has 2 amide bonds. The number of nitrogens with zero attached hydrogens (tertiary/aromatic N) is 2. The van der Waals surface area contributed by atoms with E-state index in [1.165, 1.54) is 0 Å². The smallest absolute Gasteiger partial charge is 0.257 e. The van der Waals surface area contributed by atoms with Gasteiger partial charge in [-0.15, -0.1) is 0 Å². The molecule has 0 saturated carbocycles. The molecule has 1 unspecified atom stereocenters. The third-order valence-corrected chi connectivity index (χ3v) is 5.53. The Morgan fingerprint density at radius 1 is 1.09 bits per heavy atom. The summed E-state index contributed by atoms with van der Waals surface area (Å²) < 4.78 is 10.8. The molecule has 0 spiro atoms. The zero-order chi connectivity index (χ0) is 23.3. The summed E-state index contributed by atoms with van der Waals surface area (Å²) in [6.07, 6.45) is 3.86. The van der Waals surface area contributed by atoms with E-state index < -0.39 is 0 Å². The van der Waals surface area contributed by atoms with Crippen molar-refractivity contribution < 1.29 is 19.1 Å². The number of morpholine rings is 1. The average Bonchev–Trinajstić information content (AvgIpc) is 2.87. The predicted molar refractivity (Wildman–Crippen MR) is 128 cm³/mol. The molecule has 1 fully saturated rings. The average molecular weight is 453 g/mol. The number of carbonyl (C=O) groups excluding carboxylic acids is 2. The molecule has 1 aliphatic rings. The van der Waals surface area contributed by atoms with Crippen LogP contribution >= 0.6 is 0 Å². The van der Waals surface area contributed by atoms with Crippen molar-refractivity contribution in [2.75, 3.05) is 40.0 Å². The van der Waals surface area contributed by atoms with Gasteiger partial charge in [-0.2, -0.15) is 5.10 Å². The fourth-order valence-electron chi connectivity index (χ4n) is 3.74. The molecule has 0 bridgehead atoms. The lowest BCUT2D eigenvalue weighted by Gasteiger charge is -2.33. The fourth-order valence-corrected chi connectivity index (χ4v) is 3.74. The van der Waals surface area contributed by atoms with Crippen LogP contribution in [0.3, 0.4) is 0 Å². The molecule has 0 radical (unpaired) electrons. The quantitative estimate of drug-likeness (QED) is 0.310. The Hall–Kier alpha value is -3.23. The number of benzene rings is 2. The number of ether oxygens (including phenoxy) is 2. The summed E-state index contributed by atoms with van der Waals surface area (Å²) in [5.74, 6) is 0.470. The topological polar surface area (TPSA) is 92.3 Å². The monoisotopic (exact) mass is 452 g/mol. The summed E-state index contributed by atoms with van der Waals surface area (Å²) in [5, 5.41) is 7.08. The molecule has 0 aliphatic carbocycles. The molecule has 8 heteroatoms. The highest BCUT2D eigenvalue weighted by atomic mass is 16.5. The lowest BCUT2D eigenvalue weighted by Crippen LogP contribution is -2.50. The van der Waals surface area contributed by atoms with Crippen molar-refractivity contribution in [3.8, 4) is 5.75 Å². The van der Waals surface area contributed by atoms with Crippen LogP contribution in [0.15, 0.2) is 59.7 Å². The summed E-state index contributed by atoms with van der Waals surface area (Å²) in [4.78, 5) is 27.2. The van der Waals surface area contributed by atoms with E-state index in [2.05, 4.69) is 20.7 Å². The van der Waals surface area contributed by atoms with Crippen molar-refractivity contribution >= 4 is 18.0 Å². The second-order valence-corrected chi connectivity index (χ2v) is 7.76. The minimum atomic E-state index is -0.298. The van der Waals surface area contributed by atoms with Gasteiger partial charge in [-0.1, -0.05) is 30.3 Å². The van der Waals surface area contributed by atoms with Gasteiger partial charge in [0.2, 0.25) is 0 Å². The molecule has 2 N–H and O–H groups in total. The van der Waals surface area contributed by atoms with Crippen molar-refractivity contribution in [3.05, 3.63) is 65.7 Å². The molecule has 8 nitrogen and oxygen atoms in total. The van der Waals surface area contributed by atoms with E-state index in [0.717, 1.165) is 18.4 Å². The van der Waals surface area contributed by atoms with Crippen LogP contribution in [0, 0.1) is 0 Å². The third kappa shape index (κ3) is 7.69. The number of unbranched alkanes of at least 4 members (excludes halogenated alkanes) is 1. The Kier molecular flexibility index (Phi) is 9.87. The van der Waals surface area contributed by atoms with Crippen LogP contribution in [0.4, 0.5) is 0 Å². The normalized spacial score (nSPS) is 15.2. The number of hydrogen-bond donors (Lipinski definition) is 2. The molecular weight excluding hydrogens is 420 g/mol. The van der Waals surface area contributed by atoms with Gasteiger partial charge in [-0.25, -0.2) is 5.43 Å². The van der Waals surface area contributed by atoms with Crippen LogP contribution in [-0.4, -0.2) is 68.9 Å². The van der Waals surface area contributed by atoms with Gasteiger partial charge in [0.05, 0.1) is 32.6 Å². The van der Waals surface area contributed by atoms with E-state index in [1.807, 2.05) is 42.5 Å². The Morgan fingerprint density at radius 3 is 2.58 bits per heavy atom. The van der Waals surface area contributed by atoms with Gasteiger partial charge >= 0.3 is 0 Å². The highest BCUT2D eigenvalue weighted by Crippen LogP contribution is 2.15. The number of carbonyl (C=O) groups is 2. The summed E-state index contributed by atoms with van der Waals surface area (Å²) in [6.45, 7) is 3.21. The maximum absolute atomic E-state index is 12.9. The molecule has 176 valence electrons. The van der Waals surface area contributed by atoms with Crippen molar-refractivity contribution in [1.29, 1.82) is 0 Å². The molecule has 2 aromatic carbocycles. The maximum Gasteiger partial charge on any atom is 0.257 e. The first-order valence-corrected chi connectivity index (χ1v) is 11.3. The number of amides is 2. The highest BCUT2D eigenvalue weighted by molar-refractivity contribution is 5.94. The maximum atomic E-state index is 12.9. The van der Waals surface area contributed by atoms with Gasteiger partial charge in [0, 0.05) is 30.8 Å². The minimum absolute atomic E-state index is 0.0799. The van der Waals surface area contributed by atoms with Gasteiger partial charge in [-0.3, -0.25) is 14.5 Å². The van der Waals surface area contributed by atoms with Crippen LogP contribution in [0.1, 0.15) is 35.2 Å². The molecule has 33 heavy (non-hydrogen) atoms. The van der Waals surface area contributed by atoms with Gasteiger partial charge < -0.3 is 14.8 Å². The molecule has 2 aromatic rings. The van der Waals surface area contributed by atoms with Crippen LogP contribution in [0.5, 0.6) is 5.75 Å². The molecule has 1 atom stereocenters. The Labute approximate surface area is 195 Å². The molecule has 1 aliphatic heterocycles. The van der Waals surface area contributed by atoms with E-state index in [0.29, 0.717) is 50.6 Å². The van der Waals surface area contributed by atoms with Crippen molar-refractivity contribution in [2.24, 2.45) is 5.10 Å². The minimum Gasteiger partial charge on any atom is -0.496 e.